The van der Waals surface area contributed by atoms with Gasteiger partial charge in [0.15, 0.2) is 0 Å². The van der Waals surface area contributed by atoms with Gasteiger partial charge in [-0.15, -0.1) is 4.48 Å². The summed E-state index contributed by atoms with van der Waals surface area (Å²) in [4.78, 5) is 35.9. The summed E-state index contributed by atoms with van der Waals surface area (Å²) in [6, 6.07) is 0.795. The van der Waals surface area contributed by atoms with E-state index in [0.717, 1.165) is 0 Å². The SMILES string of the molecule is CCn1nccc1NC(=O)[N+]1(C2CCC(O)CC2)C(=O)C=Cc2c(C)nc(N)nc21. The lowest BCUT2D eigenvalue weighted by Crippen LogP contribution is -2.67. The number of hydrogen-bond donors (Lipinski definition) is 3. The summed E-state index contributed by atoms with van der Waals surface area (Å²) in [5.41, 5.74) is 7.15. The Morgan fingerprint density at radius 3 is 2.73 bits per heavy atom. The van der Waals surface area contributed by atoms with E-state index < -0.39 is 16.6 Å². The first-order valence-corrected chi connectivity index (χ1v) is 10.1. The smallest absolute Gasteiger partial charge is 0.393 e. The Bertz CT molecular complexity index is 1020. The summed E-state index contributed by atoms with van der Waals surface area (Å²) < 4.78 is 1.02. The summed E-state index contributed by atoms with van der Waals surface area (Å²) in [5, 5.41) is 17.1. The molecular weight excluding hydrogens is 386 g/mol. The van der Waals surface area contributed by atoms with Crippen LogP contribution in [0.3, 0.4) is 0 Å². The Hall–Kier alpha value is -3.11. The maximum absolute atomic E-state index is 13.8. The average Bonchev–Trinajstić information content (AvgIpc) is 3.16. The molecule has 0 radical (unpaired) electrons. The van der Waals surface area contributed by atoms with Crippen molar-refractivity contribution < 1.29 is 14.7 Å². The highest BCUT2D eigenvalue weighted by molar-refractivity contribution is 6.19. The van der Waals surface area contributed by atoms with Crippen LogP contribution in [0.4, 0.5) is 22.4 Å². The maximum atomic E-state index is 13.8. The molecule has 4 N–H and O–H groups in total. The van der Waals surface area contributed by atoms with Gasteiger partial charge in [-0.1, -0.05) is 0 Å². The van der Waals surface area contributed by atoms with Crippen LogP contribution in [0.1, 0.15) is 43.9 Å². The van der Waals surface area contributed by atoms with Gasteiger partial charge in [0.1, 0.15) is 11.9 Å². The number of hydrogen-bond acceptors (Lipinski definition) is 7. The normalized spacial score (nSPS) is 25.8. The molecule has 10 nitrogen and oxygen atoms in total. The van der Waals surface area contributed by atoms with E-state index in [1.165, 1.54) is 6.08 Å². The lowest BCUT2D eigenvalue weighted by Gasteiger charge is -2.41. The molecule has 158 valence electrons. The number of nitrogens with two attached hydrogens (primary N) is 1. The van der Waals surface area contributed by atoms with Crippen LogP contribution in [0.25, 0.3) is 6.08 Å². The molecule has 1 aliphatic carbocycles. The highest BCUT2D eigenvalue weighted by Gasteiger charge is 2.57. The third kappa shape index (κ3) is 3.08. The number of nitrogen functional groups attached to an aromatic ring is 1. The molecule has 30 heavy (non-hydrogen) atoms. The Morgan fingerprint density at radius 2 is 2.03 bits per heavy atom. The number of aryl methyl sites for hydroxylation is 2. The number of anilines is 2. The Kier molecular flexibility index (Phi) is 5.12. The number of imide groups is 1. The van der Waals surface area contributed by atoms with Crippen molar-refractivity contribution in [2.24, 2.45) is 0 Å². The molecular formula is C20H26N7O3+. The summed E-state index contributed by atoms with van der Waals surface area (Å²) >= 11 is 0. The lowest BCUT2D eigenvalue weighted by molar-refractivity contribution is -0.125. The third-order valence-corrected chi connectivity index (χ3v) is 5.99. The zero-order chi connectivity index (χ0) is 21.5. The van der Waals surface area contributed by atoms with Gasteiger partial charge in [-0.3, -0.25) is 5.32 Å². The van der Waals surface area contributed by atoms with Crippen LogP contribution < -0.4 is 15.5 Å². The number of fused-ring (bicyclic) bond motifs is 1. The topological polar surface area (TPSA) is 136 Å². The molecule has 1 atom stereocenters. The fraction of sp³-hybridized carbons (Fsp3) is 0.450. The first-order chi connectivity index (χ1) is 14.4. The molecule has 10 heteroatoms. The minimum Gasteiger partial charge on any atom is -0.393 e. The van der Waals surface area contributed by atoms with Gasteiger partial charge in [-0.2, -0.15) is 10.1 Å². The van der Waals surface area contributed by atoms with Crippen LogP contribution in [-0.2, 0) is 11.3 Å². The van der Waals surface area contributed by atoms with Gasteiger partial charge < -0.3 is 10.8 Å². The molecule has 1 aliphatic heterocycles. The molecule has 1 unspecified atom stereocenters. The Morgan fingerprint density at radius 1 is 1.30 bits per heavy atom. The van der Waals surface area contributed by atoms with Gasteiger partial charge in [0, 0.05) is 31.5 Å². The Balaban J connectivity index is 1.88. The number of urea groups is 1. The van der Waals surface area contributed by atoms with Crippen molar-refractivity contribution in [3.05, 3.63) is 29.6 Å². The van der Waals surface area contributed by atoms with E-state index in [1.807, 2.05) is 6.92 Å². The first kappa shape index (κ1) is 20.2. The van der Waals surface area contributed by atoms with Gasteiger partial charge in [0.25, 0.3) is 5.82 Å². The second-order valence-corrected chi connectivity index (χ2v) is 7.72. The van der Waals surface area contributed by atoms with Crippen LogP contribution in [0.15, 0.2) is 18.3 Å². The maximum Gasteiger partial charge on any atom is 0.436 e. The number of aliphatic hydroxyl groups is 1. The van der Waals surface area contributed by atoms with Crippen LogP contribution in [0.2, 0.25) is 0 Å². The van der Waals surface area contributed by atoms with Gasteiger partial charge in [-0.25, -0.2) is 19.3 Å². The third-order valence-electron chi connectivity index (χ3n) is 5.99. The van der Waals surface area contributed by atoms with Gasteiger partial charge in [0.05, 0.1) is 23.6 Å². The Labute approximate surface area is 174 Å². The molecule has 3 amide bonds. The number of nitrogens with zero attached hydrogens (tertiary/aromatic N) is 5. The highest BCUT2D eigenvalue weighted by atomic mass is 16.3. The number of aliphatic hydroxyl groups excluding tert-OH is 1. The molecule has 2 aromatic heterocycles. The molecule has 2 aliphatic rings. The zero-order valence-electron chi connectivity index (χ0n) is 17.1. The summed E-state index contributed by atoms with van der Waals surface area (Å²) in [7, 11) is 0. The predicted molar refractivity (Wildman–Crippen MR) is 112 cm³/mol. The number of nitrogens with one attached hydrogen (secondary N) is 1. The number of aromatic nitrogens is 4. The molecule has 1 saturated carbocycles. The van der Waals surface area contributed by atoms with Crippen LogP contribution in [0.5, 0.6) is 0 Å². The standard InChI is InChI=1S/C20H25N7O3/c1-3-26-16(10-11-22-26)24-20(30)27(13-4-6-14(28)7-5-13)17(29)9-8-15-12(2)23-19(21)25-18(15)27/h8-11,13-14,28H,3-7H2,1-2H3,(H2-,21,22,23,24,25,29,30)/p+1. The number of amides is 3. The van der Waals surface area contributed by atoms with Crippen LogP contribution in [-0.4, -0.2) is 48.9 Å². The number of rotatable bonds is 3. The van der Waals surface area contributed by atoms with E-state index in [0.29, 0.717) is 49.3 Å². The summed E-state index contributed by atoms with van der Waals surface area (Å²) in [6.45, 7) is 4.26. The first-order valence-electron chi connectivity index (χ1n) is 10.1. The number of carbonyl (C=O) groups excluding carboxylic acids is 2. The molecule has 4 rings (SSSR count). The monoisotopic (exact) mass is 412 g/mol. The largest absolute Gasteiger partial charge is 0.436 e. The second-order valence-electron chi connectivity index (χ2n) is 7.72. The van der Waals surface area contributed by atoms with E-state index in [1.54, 1.807) is 29.9 Å². The van der Waals surface area contributed by atoms with Crippen molar-refractivity contribution in [1.29, 1.82) is 0 Å². The lowest BCUT2D eigenvalue weighted by atomic mass is 9.88. The summed E-state index contributed by atoms with van der Waals surface area (Å²) in [5.74, 6) is 0.410. The number of carbonyl (C=O) groups is 2. The fourth-order valence-electron chi connectivity index (χ4n) is 4.48. The van der Waals surface area contributed by atoms with Crippen molar-refractivity contribution in [2.75, 3.05) is 11.1 Å². The van der Waals surface area contributed by atoms with Crippen molar-refractivity contribution >= 4 is 35.6 Å². The van der Waals surface area contributed by atoms with Crippen LogP contribution >= 0.6 is 0 Å². The minimum absolute atomic E-state index is 0.0131. The van der Waals surface area contributed by atoms with Gasteiger partial charge >= 0.3 is 11.9 Å². The number of quaternary nitrogens is 1. The second kappa shape index (κ2) is 7.62. The van der Waals surface area contributed by atoms with Crippen molar-refractivity contribution in [2.45, 2.75) is 58.2 Å². The van der Waals surface area contributed by atoms with Crippen LogP contribution in [0, 0.1) is 6.92 Å². The summed E-state index contributed by atoms with van der Waals surface area (Å²) in [6.07, 6.45) is 6.25. The molecule has 0 saturated heterocycles. The van der Waals surface area contributed by atoms with E-state index >= 15 is 0 Å². The zero-order valence-corrected chi connectivity index (χ0v) is 17.1. The molecule has 0 spiro atoms. The van der Waals surface area contributed by atoms with E-state index in [4.69, 9.17) is 5.73 Å². The van der Waals surface area contributed by atoms with Crippen molar-refractivity contribution in [1.82, 2.24) is 24.2 Å². The van der Waals surface area contributed by atoms with E-state index in [2.05, 4.69) is 20.4 Å². The minimum atomic E-state index is -0.624. The van der Waals surface area contributed by atoms with E-state index in [-0.39, 0.29) is 23.7 Å². The molecule has 0 aromatic carbocycles. The highest BCUT2D eigenvalue weighted by Crippen LogP contribution is 2.41. The fourth-order valence-corrected chi connectivity index (χ4v) is 4.48. The molecule has 2 aromatic rings. The van der Waals surface area contributed by atoms with Crippen molar-refractivity contribution in [3.63, 3.8) is 0 Å². The predicted octanol–water partition coefficient (Wildman–Crippen LogP) is 1.98. The van der Waals surface area contributed by atoms with Crippen molar-refractivity contribution in [3.8, 4) is 0 Å². The van der Waals surface area contributed by atoms with E-state index in [9.17, 15) is 14.7 Å². The van der Waals surface area contributed by atoms with Gasteiger partial charge in [0.2, 0.25) is 5.95 Å². The quantitative estimate of drug-likeness (QED) is 0.656. The molecule has 0 bridgehead atoms. The van der Waals surface area contributed by atoms with Gasteiger partial charge in [-0.05, 0) is 32.8 Å². The average molecular weight is 412 g/mol. The molecule has 1 fully saturated rings. The molecule has 3 heterocycles.